The molecule has 2 amide bonds. The van der Waals surface area contributed by atoms with Gasteiger partial charge in [0.2, 0.25) is 5.91 Å². The Morgan fingerprint density at radius 2 is 1.68 bits per heavy atom. The van der Waals surface area contributed by atoms with E-state index in [4.69, 9.17) is 5.73 Å². The number of nitrogens with one attached hydrogen (secondary N) is 1. The van der Waals surface area contributed by atoms with Crippen molar-refractivity contribution in [1.82, 2.24) is 5.32 Å². The van der Waals surface area contributed by atoms with Crippen LogP contribution in [0.5, 0.6) is 0 Å². The summed E-state index contributed by atoms with van der Waals surface area (Å²) in [5.41, 5.74) is 6.87. The Balaban J connectivity index is 1.76. The van der Waals surface area contributed by atoms with Gasteiger partial charge in [0.15, 0.2) is 0 Å². The maximum atomic E-state index is 13.2. The van der Waals surface area contributed by atoms with Crippen molar-refractivity contribution in [2.45, 2.75) is 31.1 Å². The molecule has 4 nitrogen and oxygen atoms in total. The maximum Gasteiger partial charge on any atom is 0.251 e. The van der Waals surface area contributed by atoms with Crippen molar-refractivity contribution >= 4 is 11.8 Å². The largest absolute Gasteiger partial charge is 0.366 e. The van der Waals surface area contributed by atoms with E-state index in [0.717, 1.165) is 31.2 Å². The number of carbonyl (C=O) groups excluding carboxylic acids is 2. The average molecular weight is 340 g/mol. The molecule has 0 radical (unpaired) electrons. The summed E-state index contributed by atoms with van der Waals surface area (Å²) in [6.07, 6.45) is 4.09. The standard InChI is InChI=1S/C20H21FN2O2/c21-17-8-6-16(7-9-17)20(10-1-2-11-20)13-23-19(25)15-5-3-4-14(12-15)18(22)24/h3-9,12H,1-2,10-11,13H2,(H2,22,24)(H,23,25). The average Bonchev–Trinajstić information content (AvgIpc) is 3.10. The molecule has 1 fully saturated rings. The van der Waals surface area contributed by atoms with Crippen LogP contribution >= 0.6 is 0 Å². The molecule has 5 heteroatoms. The molecule has 0 bridgehead atoms. The second-order valence-electron chi connectivity index (χ2n) is 6.62. The zero-order chi connectivity index (χ0) is 17.9. The molecule has 0 atom stereocenters. The molecule has 0 saturated heterocycles. The van der Waals surface area contributed by atoms with Crippen LogP contribution in [-0.4, -0.2) is 18.4 Å². The third-order valence-electron chi connectivity index (χ3n) is 5.01. The highest BCUT2D eigenvalue weighted by Crippen LogP contribution is 2.40. The van der Waals surface area contributed by atoms with Crippen molar-refractivity contribution < 1.29 is 14.0 Å². The molecule has 2 aromatic rings. The summed E-state index contributed by atoms with van der Waals surface area (Å²) in [6, 6.07) is 12.9. The smallest absolute Gasteiger partial charge is 0.251 e. The van der Waals surface area contributed by atoms with E-state index in [2.05, 4.69) is 5.32 Å². The Bertz CT molecular complexity index is 781. The summed E-state index contributed by atoms with van der Waals surface area (Å²) in [4.78, 5) is 23.7. The van der Waals surface area contributed by atoms with Crippen LogP contribution in [0.15, 0.2) is 48.5 Å². The highest BCUT2D eigenvalue weighted by molar-refractivity contribution is 5.99. The number of hydrogen-bond donors (Lipinski definition) is 2. The fourth-order valence-corrected chi connectivity index (χ4v) is 3.59. The van der Waals surface area contributed by atoms with Crippen molar-refractivity contribution in [2.24, 2.45) is 5.73 Å². The van der Waals surface area contributed by atoms with Gasteiger partial charge in [0, 0.05) is 23.1 Å². The quantitative estimate of drug-likeness (QED) is 0.877. The van der Waals surface area contributed by atoms with Gasteiger partial charge in [0.05, 0.1) is 0 Å². The third-order valence-corrected chi connectivity index (χ3v) is 5.01. The Kier molecular flexibility index (Phi) is 4.83. The van der Waals surface area contributed by atoms with E-state index in [-0.39, 0.29) is 17.1 Å². The second kappa shape index (κ2) is 7.05. The van der Waals surface area contributed by atoms with E-state index in [0.29, 0.717) is 17.7 Å². The number of primary amides is 1. The lowest BCUT2D eigenvalue weighted by molar-refractivity contribution is 0.0943. The lowest BCUT2D eigenvalue weighted by Gasteiger charge is -2.30. The minimum Gasteiger partial charge on any atom is -0.366 e. The fraction of sp³-hybridized carbons (Fsp3) is 0.300. The van der Waals surface area contributed by atoms with Gasteiger partial charge in [-0.25, -0.2) is 4.39 Å². The van der Waals surface area contributed by atoms with Crippen LogP contribution in [0, 0.1) is 5.82 Å². The second-order valence-corrected chi connectivity index (χ2v) is 6.62. The van der Waals surface area contributed by atoms with Crippen molar-refractivity contribution in [3.8, 4) is 0 Å². The molecule has 3 rings (SSSR count). The number of halogens is 1. The van der Waals surface area contributed by atoms with Gasteiger partial charge in [-0.3, -0.25) is 9.59 Å². The molecule has 1 aliphatic rings. The molecular weight excluding hydrogens is 319 g/mol. The van der Waals surface area contributed by atoms with Crippen LogP contribution in [0.25, 0.3) is 0 Å². The Labute approximate surface area is 146 Å². The van der Waals surface area contributed by atoms with Gasteiger partial charge in [-0.15, -0.1) is 0 Å². The van der Waals surface area contributed by atoms with E-state index in [1.807, 2.05) is 0 Å². The first-order valence-electron chi connectivity index (χ1n) is 8.44. The number of rotatable bonds is 5. The SMILES string of the molecule is NC(=O)c1cccc(C(=O)NCC2(c3ccc(F)cc3)CCCC2)c1. The molecule has 0 spiro atoms. The van der Waals surface area contributed by atoms with Gasteiger partial charge in [0.25, 0.3) is 5.91 Å². The summed E-state index contributed by atoms with van der Waals surface area (Å²) in [7, 11) is 0. The van der Waals surface area contributed by atoms with E-state index >= 15 is 0 Å². The molecule has 1 aliphatic carbocycles. The van der Waals surface area contributed by atoms with Gasteiger partial charge in [-0.05, 0) is 48.7 Å². The molecule has 1 saturated carbocycles. The number of benzene rings is 2. The van der Waals surface area contributed by atoms with E-state index in [1.54, 1.807) is 30.3 Å². The summed E-state index contributed by atoms with van der Waals surface area (Å²) < 4.78 is 13.2. The molecule has 0 unspecified atom stereocenters. The van der Waals surface area contributed by atoms with Crippen LogP contribution in [0.3, 0.4) is 0 Å². The number of nitrogens with two attached hydrogens (primary N) is 1. The number of amides is 2. The topological polar surface area (TPSA) is 72.2 Å². The van der Waals surface area contributed by atoms with Crippen LogP contribution in [0.4, 0.5) is 4.39 Å². The molecule has 130 valence electrons. The predicted octanol–water partition coefficient (Wildman–Crippen LogP) is 3.17. The summed E-state index contributed by atoms with van der Waals surface area (Å²) >= 11 is 0. The normalized spacial score (nSPS) is 15.7. The van der Waals surface area contributed by atoms with Crippen molar-refractivity contribution in [3.05, 3.63) is 71.0 Å². The zero-order valence-electron chi connectivity index (χ0n) is 13.9. The Morgan fingerprint density at radius 3 is 2.32 bits per heavy atom. The highest BCUT2D eigenvalue weighted by Gasteiger charge is 2.36. The molecule has 0 aromatic heterocycles. The first-order valence-corrected chi connectivity index (χ1v) is 8.44. The Morgan fingerprint density at radius 1 is 1.04 bits per heavy atom. The molecular formula is C20H21FN2O2. The van der Waals surface area contributed by atoms with Crippen molar-refractivity contribution in [3.63, 3.8) is 0 Å². The summed E-state index contributed by atoms with van der Waals surface area (Å²) in [5, 5.41) is 2.98. The van der Waals surface area contributed by atoms with Crippen molar-refractivity contribution in [2.75, 3.05) is 6.54 Å². The summed E-state index contributed by atoms with van der Waals surface area (Å²) in [6.45, 7) is 0.484. The van der Waals surface area contributed by atoms with E-state index < -0.39 is 5.91 Å². The van der Waals surface area contributed by atoms with Crippen LogP contribution in [0.1, 0.15) is 52.0 Å². The lowest BCUT2D eigenvalue weighted by Crippen LogP contribution is -2.39. The zero-order valence-corrected chi connectivity index (χ0v) is 13.9. The molecule has 0 aliphatic heterocycles. The monoisotopic (exact) mass is 340 g/mol. The molecule has 2 aromatic carbocycles. The van der Waals surface area contributed by atoms with Gasteiger partial charge in [-0.2, -0.15) is 0 Å². The molecule has 3 N–H and O–H groups in total. The summed E-state index contributed by atoms with van der Waals surface area (Å²) in [5.74, 6) is -1.06. The van der Waals surface area contributed by atoms with Crippen LogP contribution in [0.2, 0.25) is 0 Å². The van der Waals surface area contributed by atoms with Crippen molar-refractivity contribution in [1.29, 1.82) is 0 Å². The van der Waals surface area contributed by atoms with Gasteiger partial charge in [0.1, 0.15) is 5.82 Å². The first kappa shape index (κ1) is 17.1. The van der Waals surface area contributed by atoms with Gasteiger partial charge in [-0.1, -0.05) is 31.0 Å². The number of carbonyl (C=O) groups is 2. The van der Waals surface area contributed by atoms with Gasteiger partial charge < -0.3 is 11.1 Å². The van der Waals surface area contributed by atoms with Crippen LogP contribution < -0.4 is 11.1 Å². The minimum absolute atomic E-state index is 0.162. The lowest BCUT2D eigenvalue weighted by atomic mass is 9.78. The minimum atomic E-state index is -0.562. The first-order chi connectivity index (χ1) is 12.0. The third kappa shape index (κ3) is 3.71. The molecule has 25 heavy (non-hydrogen) atoms. The number of hydrogen-bond acceptors (Lipinski definition) is 2. The fourth-order valence-electron chi connectivity index (χ4n) is 3.59. The van der Waals surface area contributed by atoms with E-state index in [9.17, 15) is 14.0 Å². The maximum absolute atomic E-state index is 13.2. The highest BCUT2D eigenvalue weighted by atomic mass is 19.1. The van der Waals surface area contributed by atoms with Crippen LogP contribution in [-0.2, 0) is 5.41 Å². The van der Waals surface area contributed by atoms with E-state index in [1.165, 1.54) is 18.2 Å². The Hall–Kier alpha value is -2.69. The molecule has 0 heterocycles. The predicted molar refractivity (Wildman–Crippen MR) is 93.8 cm³/mol. The van der Waals surface area contributed by atoms with Gasteiger partial charge >= 0.3 is 0 Å².